The molecule has 47 heavy (non-hydrogen) atoms. The standard InChI is InChI=1S/C35H51BrN6O4S/c1-4-40(5-2)23-20-38-30(43)9-7-8-25-10-16-28(17-11-25)39-24-29-32(44)42(6-3)34(47-29)31(37)33(45)41-21-18-35(46,19-22-41)26-12-14-27(36)15-13-26/h10-17,29,31,34,39,46H,4-9,18-24,37H2,1-3H3,(H,38,43)/t29-,31-,34?/m1/s1. The van der Waals surface area contributed by atoms with Crippen LogP contribution in [0.15, 0.2) is 53.0 Å². The van der Waals surface area contributed by atoms with Gasteiger partial charge in [0.15, 0.2) is 0 Å². The van der Waals surface area contributed by atoms with E-state index in [9.17, 15) is 19.5 Å². The molecule has 3 amide bonds. The van der Waals surface area contributed by atoms with Gasteiger partial charge in [0.2, 0.25) is 17.7 Å². The van der Waals surface area contributed by atoms with E-state index in [1.807, 2.05) is 43.3 Å². The van der Waals surface area contributed by atoms with Crippen molar-refractivity contribution in [1.29, 1.82) is 0 Å². The van der Waals surface area contributed by atoms with Gasteiger partial charge in [-0.15, -0.1) is 11.8 Å². The monoisotopic (exact) mass is 730 g/mol. The number of piperidine rings is 1. The number of likely N-dealkylation sites (tertiary alicyclic amines) is 1. The number of aliphatic hydroxyl groups is 1. The first kappa shape index (κ1) is 37.2. The molecule has 2 saturated heterocycles. The lowest BCUT2D eigenvalue weighted by Crippen LogP contribution is -2.56. The summed E-state index contributed by atoms with van der Waals surface area (Å²) < 4.78 is 0.949. The number of hydrogen-bond donors (Lipinski definition) is 4. The maximum absolute atomic E-state index is 13.5. The van der Waals surface area contributed by atoms with Crippen LogP contribution < -0.4 is 16.4 Å². The second kappa shape index (κ2) is 17.7. The van der Waals surface area contributed by atoms with Crippen LogP contribution in [0.3, 0.4) is 0 Å². The number of benzene rings is 2. The van der Waals surface area contributed by atoms with Crippen molar-refractivity contribution in [3.63, 3.8) is 0 Å². The zero-order chi connectivity index (χ0) is 34.0. The fourth-order valence-corrected chi connectivity index (χ4v) is 7.99. The van der Waals surface area contributed by atoms with Crippen molar-refractivity contribution in [2.75, 3.05) is 57.7 Å². The summed E-state index contributed by atoms with van der Waals surface area (Å²) in [5, 5.41) is 16.8. The van der Waals surface area contributed by atoms with E-state index in [0.717, 1.165) is 53.8 Å². The van der Waals surface area contributed by atoms with E-state index in [-0.39, 0.29) is 23.0 Å². The average Bonchev–Trinajstić information content (AvgIpc) is 3.40. The smallest absolute Gasteiger partial charge is 0.242 e. The Balaban J connectivity index is 1.21. The number of amides is 3. The first-order valence-corrected chi connectivity index (χ1v) is 18.6. The lowest BCUT2D eigenvalue weighted by Gasteiger charge is -2.40. The van der Waals surface area contributed by atoms with E-state index in [0.29, 0.717) is 52.0 Å². The summed E-state index contributed by atoms with van der Waals surface area (Å²) in [4.78, 5) is 44.7. The molecule has 0 bridgehead atoms. The van der Waals surface area contributed by atoms with E-state index in [1.165, 1.54) is 11.8 Å². The fraction of sp³-hybridized carbons (Fsp3) is 0.571. The van der Waals surface area contributed by atoms with E-state index >= 15 is 0 Å². The SMILES string of the molecule is CCN(CC)CCNC(=O)CCCc1ccc(NC[C@H]2SC([C@H](N)C(=O)N3CCC(O)(c4ccc(Br)cc4)CC3)N(CC)C2=O)cc1. The van der Waals surface area contributed by atoms with Crippen LogP contribution in [-0.2, 0) is 26.4 Å². The Bertz CT molecular complexity index is 1320. The minimum absolute atomic E-state index is 0.0199. The Morgan fingerprint density at radius 2 is 1.74 bits per heavy atom. The molecule has 0 spiro atoms. The zero-order valence-corrected chi connectivity index (χ0v) is 30.3. The number of hydrogen-bond acceptors (Lipinski definition) is 8. The van der Waals surface area contributed by atoms with Gasteiger partial charge in [-0.25, -0.2) is 0 Å². The second-order valence-corrected chi connectivity index (χ2v) is 14.6. The van der Waals surface area contributed by atoms with Crippen LogP contribution in [0.1, 0.15) is 57.6 Å². The largest absolute Gasteiger partial charge is 0.385 e. The molecule has 0 aromatic heterocycles. The molecular weight excluding hydrogens is 680 g/mol. The van der Waals surface area contributed by atoms with Crippen LogP contribution in [0.25, 0.3) is 0 Å². The lowest BCUT2D eigenvalue weighted by atomic mass is 9.84. The van der Waals surface area contributed by atoms with Crippen molar-refractivity contribution in [3.8, 4) is 0 Å². The summed E-state index contributed by atoms with van der Waals surface area (Å²) in [6.45, 7) is 11.4. The maximum atomic E-state index is 13.5. The number of nitrogens with one attached hydrogen (secondary N) is 2. The summed E-state index contributed by atoms with van der Waals surface area (Å²) >= 11 is 4.88. The molecule has 12 heteroatoms. The van der Waals surface area contributed by atoms with Crippen LogP contribution in [0, 0.1) is 0 Å². The van der Waals surface area contributed by atoms with Gasteiger partial charge < -0.3 is 36.2 Å². The number of halogens is 1. The van der Waals surface area contributed by atoms with Crippen molar-refractivity contribution >= 4 is 51.1 Å². The van der Waals surface area contributed by atoms with Gasteiger partial charge >= 0.3 is 0 Å². The van der Waals surface area contributed by atoms with Crippen LogP contribution >= 0.6 is 27.7 Å². The van der Waals surface area contributed by atoms with Gasteiger partial charge in [-0.1, -0.05) is 54.0 Å². The quantitative estimate of drug-likeness (QED) is 0.206. The molecule has 2 heterocycles. The Morgan fingerprint density at radius 3 is 2.36 bits per heavy atom. The zero-order valence-electron chi connectivity index (χ0n) is 27.9. The molecule has 0 saturated carbocycles. The van der Waals surface area contributed by atoms with Crippen LogP contribution in [0.5, 0.6) is 0 Å². The summed E-state index contributed by atoms with van der Waals surface area (Å²) in [7, 11) is 0. The maximum Gasteiger partial charge on any atom is 0.242 e. The Hall–Kier alpha value is -2.64. The average molecular weight is 732 g/mol. The molecule has 2 aromatic carbocycles. The second-order valence-electron chi connectivity index (χ2n) is 12.3. The van der Waals surface area contributed by atoms with Crippen LogP contribution in [-0.4, -0.2) is 107 Å². The minimum atomic E-state index is -0.981. The lowest BCUT2D eigenvalue weighted by molar-refractivity contribution is -0.139. The number of thioether (sulfide) groups is 1. The van der Waals surface area contributed by atoms with E-state index < -0.39 is 17.0 Å². The van der Waals surface area contributed by atoms with Crippen molar-refractivity contribution in [2.45, 2.75) is 75.1 Å². The Morgan fingerprint density at radius 1 is 1.09 bits per heavy atom. The molecule has 4 rings (SSSR count). The fourth-order valence-electron chi connectivity index (χ4n) is 6.27. The van der Waals surface area contributed by atoms with Gasteiger partial charge in [0.1, 0.15) is 16.7 Å². The third kappa shape index (κ3) is 9.95. The van der Waals surface area contributed by atoms with Gasteiger partial charge in [0.05, 0.1) is 5.60 Å². The number of likely N-dealkylation sites (N-methyl/N-ethyl adjacent to an activating group) is 2. The predicted octanol–water partition coefficient (Wildman–Crippen LogP) is 3.77. The molecular formula is C35H51BrN6O4S. The molecule has 2 aliphatic rings. The molecule has 2 fully saturated rings. The van der Waals surface area contributed by atoms with Crippen molar-refractivity contribution in [1.82, 2.24) is 20.0 Å². The molecule has 2 aliphatic heterocycles. The molecule has 2 aromatic rings. The number of aryl methyl sites for hydroxylation is 1. The molecule has 1 unspecified atom stereocenters. The van der Waals surface area contributed by atoms with Gasteiger partial charge in [0, 0.05) is 55.8 Å². The molecule has 10 nitrogen and oxygen atoms in total. The van der Waals surface area contributed by atoms with E-state index in [1.54, 1.807) is 9.80 Å². The highest BCUT2D eigenvalue weighted by atomic mass is 79.9. The highest BCUT2D eigenvalue weighted by Crippen LogP contribution is 2.36. The molecule has 5 N–H and O–H groups in total. The first-order valence-electron chi connectivity index (χ1n) is 16.9. The summed E-state index contributed by atoms with van der Waals surface area (Å²) in [6, 6.07) is 14.9. The van der Waals surface area contributed by atoms with Gasteiger partial charge in [0.25, 0.3) is 0 Å². The number of carbonyl (C=O) groups excluding carboxylic acids is 3. The topological polar surface area (TPSA) is 131 Å². The number of anilines is 1. The van der Waals surface area contributed by atoms with Crippen molar-refractivity contribution < 1.29 is 19.5 Å². The van der Waals surface area contributed by atoms with Crippen molar-refractivity contribution in [3.05, 3.63) is 64.1 Å². The third-order valence-electron chi connectivity index (χ3n) is 9.35. The molecule has 3 atom stereocenters. The minimum Gasteiger partial charge on any atom is -0.385 e. The van der Waals surface area contributed by atoms with Crippen LogP contribution in [0.2, 0.25) is 0 Å². The highest BCUT2D eigenvalue weighted by molar-refractivity contribution is 9.10. The number of nitrogens with two attached hydrogens (primary N) is 1. The van der Waals surface area contributed by atoms with Gasteiger partial charge in [-0.2, -0.15) is 0 Å². The Labute approximate surface area is 292 Å². The summed E-state index contributed by atoms with van der Waals surface area (Å²) in [5.41, 5.74) is 8.48. The highest BCUT2D eigenvalue weighted by Gasteiger charge is 2.46. The Kier molecular flexibility index (Phi) is 14.0. The van der Waals surface area contributed by atoms with Gasteiger partial charge in [-0.3, -0.25) is 14.4 Å². The van der Waals surface area contributed by atoms with Crippen LogP contribution in [0.4, 0.5) is 5.69 Å². The predicted molar refractivity (Wildman–Crippen MR) is 193 cm³/mol. The molecule has 258 valence electrons. The first-order chi connectivity index (χ1) is 22.6. The number of rotatable bonds is 16. The van der Waals surface area contributed by atoms with Crippen molar-refractivity contribution in [2.24, 2.45) is 5.73 Å². The normalized spacial score (nSPS) is 20.0. The molecule has 0 aliphatic carbocycles. The third-order valence-corrected chi connectivity index (χ3v) is 11.4. The van der Waals surface area contributed by atoms with E-state index in [4.69, 9.17) is 5.73 Å². The number of carbonyl (C=O) groups is 3. The van der Waals surface area contributed by atoms with Gasteiger partial charge in [-0.05, 0) is 81.1 Å². The van der Waals surface area contributed by atoms with E-state index in [2.05, 4.69) is 57.4 Å². The number of nitrogens with zero attached hydrogens (tertiary/aromatic N) is 3. The molecule has 0 radical (unpaired) electrons. The summed E-state index contributed by atoms with van der Waals surface area (Å²) in [5.74, 6) is -0.115. The summed E-state index contributed by atoms with van der Waals surface area (Å²) in [6.07, 6.45) is 2.97.